The molecule has 180 valence electrons. The van der Waals surface area contributed by atoms with Crippen LogP contribution < -0.4 is 15.0 Å². The number of carbonyl (C=O) groups is 1. The van der Waals surface area contributed by atoms with Crippen molar-refractivity contribution in [1.29, 1.82) is 5.26 Å². The Bertz CT molecular complexity index is 1500. The van der Waals surface area contributed by atoms with Crippen molar-refractivity contribution in [2.75, 3.05) is 24.6 Å². The molecular weight excluding hydrogens is 478 g/mol. The number of fused-ring (bicyclic) bond motifs is 2. The predicted molar refractivity (Wildman–Crippen MR) is 134 cm³/mol. The van der Waals surface area contributed by atoms with Gasteiger partial charge in [0.25, 0.3) is 5.91 Å². The molecule has 2 aliphatic rings. The number of halogens is 1. The van der Waals surface area contributed by atoms with Crippen LogP contribution in [0.2, 0.25) is 5.02 Å². The van der Waals surface area contributed by atoms with Crippen LogP contribution >= 0.6 is 11.6 Å². The molecule has 1 aliphatic carbocycles. The molecule has 1 amide bonds. The van der Waals surface area contributed by atoms with Crippen molar-refractivity contribution >= 4 is 28.8 Å². The highest BCUT2D eigenvalue weighted by Gasteiger charge is 2.56. The van der Waals surface area contributed by atoms with Gasteiger partial charge in [-0.2, -0.15) is 10.4 Å². The maximum Gasteiger partial charge on any atom is 0.271 e. The van der Waals surface area contributed by atoms with Crippen molar-refractivity contribution < 1.29 is 9.53 Å². The van der Waals surface area contributed by atoms with Gasteiger partial charge in [-0.15, -0.1) is 0 Å². The molecule has 4 aromatic rings. The second kappa shape index (κ2) is 8.81. The molecule has 36 heavy (non-hydrogen) atoms. The van der Waals surface area contributed by atoms with E-state index in [0.717, 1.165) is 35.6 Å². The molecule has 3 atom stereocenters. The van der Waals surface area contributed by atoms with Crippen LogP contribution in [-0.2, 0) is 0 Å². The van der Waals surface area contributed by atoms with Crippen molar-refractivity contribution in [3.63, 3.8) is 0 Å². The Morgan fingerprint density at radius 2 is 2.08 bits per heavy atom. The second-order valence-electron chi connectivity index (χ2n) is 8.96. The molecule has 0 bridgehead atoms. The van der Waals surface area contributed by atoms with Crippen molar-refractivity contribution in [3.8, 4) is 22.9 Å². The van der Waals surface area contributed by atoms with Gasteiger partial charge in [-0.25, -0.2) is 14.5 Å². The summed E-state index contributed by atoms with van der Waals surface area (Å²) in [7, 11) is 0. The first-order valence-corrected chi connectivity index (χ1v) is 12.1. The molecule has 5 heterocycles. The molecule has 4 aromatic heterocycles. The van der Waals surface area contributed by atoms with E-state index in [4.69, 9.17) is 21.3 Å². The molecule has 9 nitrogen and oxygen atoms in total. The van der Waals surface area contributed by atoms with Gasteiger partial charge in [0, 0.05) is 54.5 Å². The van der Waals surface area contributed by atoms with Gasteiger partial charge in [0.05, 0.1) is 35.1 Å². The van der Waals surface area contributed by atoms with Crippen LogP contribution in [0.5, 0.6) is 5.75 Å². The molecule has 1 N–H and O–H groups in total. The fourth-order valence-electron chi connectivity index (χ4n) is 5.08. The van der Waals surface area contributed by atoms with Crippen LogP contribution in [0.3, 0.4) is 0 Å². The zero-order valence-electron chi connectivity index (χ0n) is 19.4. The third-order valence-electron chi connectivity index (χ3n) is 6.87. The summed E-state index contributed by atoms with van der Waals surface area (Å²) >= 11 is 6.10. The molecule has 0 aromatic carbocycles. The highest BCUT2D eigenvalue weighted by Crippen LogP contribution is 2.46. The zero-order valence-corrected chi connectivity index (χ0v) is 20.2. The molecule has 1 aliphatic heterocycles. The smallest absolute Gasteiger partial charge is 0.271 e. The third kappa shape index (κ3) is 3.80. The van der Waals surface area contributed by atoms with Gasteiger partial charge in [-0.3, -0.25) is 4.79 Å². The van der Waals surface area contributed by atoms with Crippen LogP contribution in [-0.4, -0.2) is 51.2 Å². The fraction of sp³-hybridized carbons (Fsp3) is 0.269. The Balaban J connectivity index is 1.17. The van der Waals surface area contributed by atoms with Gasteiger partial charge in [-0.05, 0) is 37.3 Å². The van der Waals surface area contributed by atoms with Gasteiger partial charge >= 0.3 is 0 Å². The highest BCUT2D eigenvalue weighted by molar-refractivity contribution is 6.33. The van der Waals surface area contributed by atoms with E-state index in [9.17, 15) is 10.1 Å². The van der Waals surface area contributed by atoms with Crippen LogP contribution in [0.15, 0.2) is 55.1 Å². The normalized spacial score (nSPS) is 20.1. The summed E-state index contributed by atoms with van der Waals surface area (Å²) in [4.78, 5) is 23.6. The number of carbonyl (C=O) groups excluding carboxylic acids is 1. The number of anilines is 1. The number of ether oxygens (including phenoxy) is 1. The first-order chi connectivity index (χ1) is 17.6. The molecule has 1 saturated carbocycles. The van der Waals surface area contributed by atoms with Crippen LogP contribution in [0, 0.1) is 23.2 Å². The number of rotatable bonds is 6. The Hall–Kier alpha value is -4.16. The van der Waals surface area contributed by atoms with E-state index in [1.54, 1.807) is 35.2 Å². The topological polar surface area (TPSA) is 108 Å². The lowest BCUT2D eigenvalue weighted by Gasteiger charge is -2.21. The maximum absolute atomic E-state index is 12.5. The van der Waals surface area contributed by atoms with Crippen LogP contribution in [0.1, 0.15) is 23.0 Å². The number of nitriles is 1. The molecule has 2 fully saturated rings. The third-order valence-corrected chi connectivity index (χ3v) is 7.17. The SMILES string of the molecule is CCOc1cc(-c2ccc(N3C[C@@H]4[C@H](C3)[C@@H]4NC(=O)c3ncccc3Cl)nc2)c2c(C#N)cnn2c1. The molecule has 0 unspecified atom stereocenters. The largest absolute Gasteiger partial charge is 0.492 e. The molecule has 10 heteroatoms. The first-order valence-electron chi connectivity index (χ1n) is 11.7. The Labute approximate surface area is 212 Å². The van der Waals surface area contributed by atoms with E-state index in [-0.39, 0.29) is 17.6 Å². The Morgan fingerprint density at radius 3 is 2.78 bits per heavy atom. The molecule has 0 spiro atoms. The summed E-state index contributed by atoms with van der Waals surface area (Å²) in [6.07, 6.45) is 6.72. The molecule has 1 saturated heterocycles. The predicted octanol–water partition coefficient (Wildman–Crippen LogP) is 3.58. The maximum atomic E-state index is 12.5. The summed E-state index contributed by atoms with van der Waals surface area (Å²) in [5.74, 6) is 2.09. The van der Waals surface area contributed by atoms with Crippen LogP contribution in [0.25, 0.3) is 16.6 Å². The lowest BCUT2D eigenvalue weighted by Crippen LogP contribution is -2.35. The van der Waals surface area contributed by atoms with Crippen molar-refractivity contribution in [1.82, 2.24) is 24.9 Å². The fourth-order valence-corrected chi connectivity index (χ4v) is 5.28. The number of pyridine rings is 3. The standard InChI is InChI=1S/C26H22ClN7O2/c1-2-36-17-8-18(25-16(9-28)11-31-34(25)12-17)15-5-6-22(30-10-15)33-13-19-20(14-33)23(19)32-26(35)24-21(27)4-3-7-29-24/h3-8,10-12,19-20,23H,2,13-14H2,1H3,(H,32,35)/t19-,20+,23-. The quantitative estimate of drug-likeness (QED) is 0.432. The number of hydrogen-bond donors (Lipinski definition) is 1. The van der Waals surface area contributed by atoms with Gasteiger partial charge in [0.2, 0.25) is 0 Å². The number of piperidine rings is 1. The van der Waals surface area contributed by atoms with E-state index in [1.165, 1.54) is 0 Å². The van der Waals surface area contributed by atoms with Gasteiger partial charge in [0.1, 0.15) is 23.3 Å². The summed E-state index contributed by atoms with van der Waals surface area (Å²) in [6.45, 7) is 4.10. The zero-order chi connectivity index (χ0) is 24.8. The molecule has 6 rings (SSSR count). The Kier molecular flexibility index (Phi) is 5.46. The van der Waals surface area contributed by atoms with Crippen molar-refractivity contribution in [2.24, 2.45) is 11.8 Å². The number of hydrogen-bond acceptors (Lipinski definition) is 7. The average Bonchev–Trinajstić information content (AvgIpc) is 3.23. The lowest BCUT2D eigenvalue weighted by molar-refractivity contribution is 0.0942. The molecule has 0 radical (unpaired) electrons. The number of nitrogens with one attached hydrogen (secondary N) is 1. The van der Waals surface area contributed by atoms with Gasteiger partial charge < -0.3 is 15.0 Å². The minimum Gasteiger partial charge on any atom is -0.492 e. The summed E-state index contributed by atoms with van der Waals surface area (Å²) in [5, 5.41) is 17.3. The first kappa shape index (κ1) is 22.3. The summed E-state index contributed by atoms with van der Waals surface area (Å²) < 4.78 is 7.37. The van der Waals surface area contributed by atoms with E-state index in [1.807, 2.05) is 31.3 Å². The minimum atomic E-state index is -0.230. The second-order valence-corrected chi connectivity index (χ2v) is 9.36. The number of amides is 1. The van der Waals surface area contributed by atoms with Gasteiger partial charge in [-0.1, -0.05) is 11.6 Å². The van der Waals surface area contributed by atoms with Gasteiger partial charge in [0.15, 0.2) is 0 Å². The minimum absolute atomic E-state index is 0.131. The Morgan fingerprint density at radius 1 is 1.25 bits per heavy atom. The summed E-state index contributed by atoms with van der Waals surface area (Å²) in [5.41, 5.74) is 3.21. The van der Waals surface area contributed by atoms with E-state index >= 15 is 0 Å². The highest BCUT2D eigenvalue weighted by atomic mass is 35.5. The number of nitrogens with zero attached hydrogens (tertiary/aromatic N) is 6. The monoisotopic (exact) mass is 499 g/mol. The van der Waals surface area contributed by atoms with E-state index in [0.29, 0.717) is 34.8 Å². The van der Waals surface area contributed by atoms with Crippen LogP contribution in [0.4, 0.5) is 5.82 Å². The van der Waals surface area contributed by atoms with E-state index < -0.39 is 0 Å². The van der Waals surface area contributed by atoms with E-state index in [2.05, 4.69) is 26.4 Å². The average molecular weight is 500 g/mol. The lowest BCUT2D eigenvalue weighted by atomic mass is 10.1. The van der Waals surface area contributed by atoms with Crippen molar-refractivity contribution in [2.45, 2.75) is 13.0 Å². The number of aromatic nitrogens is 4. The molecular formula is C26H22ClN7O2. The summed E-state index contributed by atoms with van der Waals surface area (Å²) in [6, 6.07) is 11.6. The van der Waals surface area contributed by atoms with Crippen molar-refractivity contribution in [3.05, 3.63) is 71.4 Å².